The smallest absolute Gasteiger partial charge is 0.240 e. The number of unbranched alkanes of at least 4 members (excludes halogenated alkanes) is 8. The van der Waals surface area contributed by atoms with Crippen LogP contribution in [-0.4, -0.2) is 18.9 Å². The maximum atomic E-state index is 11.8. The molecule has 0 spiro atoms. The highest BCUT2D eigenvalue weighted by Crippen LogP contribution is 2.31. The second-order valence-corrected chi connectivity index (χ2v) is 6.48. The lowest BCUT2D eigenvalue weighted by molar-refractivity contribution is -0.121. The molecule has 1 aromatic carbocycles. The van der Waals surface area contributed by atoms with Gasteiger partial charge < -0.3 is 9.47 Å². The van der Waals surface area contributed by atoms with Crippen LogP contribution in [0.2, 0.25) is 0 Å². The monoisotopic (exact) mass is 346 g/mol. The molecule has 5 heteroatoms. The minimum Gasteiger partial charge on any atom is -0.454 e. The first-order chi connectivity index (χ1) is 12.3. The summed E-state index contributed by atoms with van der Waals surface area (Å²) in [6.07, 6.45) is 13.4. The lowest BCUT2D eigenvalue weighted by Crippen LogP contribution is -2.16. The van der Waals surface area contributed by atoms with Crippen molar-refractivity contribution < 1.29 is 14.3 Å². The number of ether oxygens (including phenoxy) is 2. The number of rotatable bonds is 12. The maximum absolute atomic E-state index is 11.8. The summed E-state index contributed by atoms with van der Waals surface area (Å²) < 4.78 is 10.6. The molecule has 25 heavy (non-hydrogen) atoms. The molecule has 1 amide bonds. The third kappa shape index (κ3) is 7.59. The van der Waals surface area contributed by atoms with E-state index in [4.69, 9.17) is 9.47 Å². The number of benzene rings is 1. The Kier molecular flexibility index (Phi) is 8.87. The Morgan fingerprint density at radius 2 is 1.72 bits per heavy atom. The van der Waals surface area contributed by atoms with Gasteiger partial charge in [-0.15, -0.1) is 0 Å². The Hall–Kier alpha value is -2.04. The van der Waals surface area contributed by atoms with Gasteiger partial charge in [0.15, 0.2) is 11.5 Å². The third-order valence-corrected chi connectivity index (χ3v) is 4.31. The Morgan fingerprint density at radius 1 is 1.04 bits per heavy atom. The summed E-state index contributed by atoms with van der Waals surface area (Å²) in [4.78, 5) is 11.8. The van der Waals surface area contributed by atoms with Gasteiger partial charge in [0.1, 0.15) is 0 Å². The lowest BCUT2D eigenvalue weighted by atomic mass is 10.1. The number of carbonyl (C=O) groups is 1. The third-order valence-electron chi connectivity index (χ3n) is 4.31. The zero-order valence-corrected chi connectivity index (χ0v) is 15.3. The normalized spacial score (nSPS) is 12.7. The molecule has 138 valence electrons. The average Bonchev–Trinajstić information content (AvgIpc) is 3.08. The summed E-state index contributed by atoms with van der Waals surface area (Å²) in [5.41, 5.74) is 3.45. The fourth-order valence-electron chi connectivity index (χ4n) is 2.82. The fourth-order valence-corrected chi connectivity index (χ4v) is 2.82. The van der Waals surface area contributed by atoms with Crippen molar-refractivity contribution >= 4 is 12.1 Å². The molecule has 0 aliphatic carbocycles. The van der Waals surface area contributed by atoms with Gasteiger partial charge in [-0.25, -0.2) is 5.43 Å². The van der Waals surface area contributed by atoms with Crippen molar-refractivity contribution in [3.8, 4) is 11.5 Å². The van der Waals surface area contributed by atoms with Crippen LogP contribution in [0.15, 0.2) is 23.3 Å². The molecule has 1 heterocycles. The predicted octanol–water partition coefficient (Wildman–Crippen LogP) is 4.79. The largest absolute Gasteiger partial charge is 0.454 e. The van der Waals surface area contributed by atoms with E-state index in [9.17, 15) is 4.79 Å². The molecule has 1 N–H and O–H groups in total. The van der Waals surface area contributed by atoms with Crippen molar-refractivity contribution in [3.63, 3.8) is 0 Å². The van der Waals surface area contributed by atoms with E-state index >= 15 is 0 Å². The molecule has 0 unspecified atom stereocenters. The second-order valence-electron chi connectivity index (χ2n) is 6.48. The van der Waals surface area contributed by atoms with Crippen molar-refractivity contribution in [2.75, 3.05) is 6.79 Å². The highest BCUT2D eigenvalue weighted by atomic mass is 16.7. The minimum absolute atomic E-state index is 0.0278. The zero-order valence-electron chi connectivity index (χ0n) is 15.3. The van der Waals surface area contributed by atoms with E-state index in [1.54, 1.807) is 6.21 Å². The molecule has 2 rings (SSSR count). The Labute approximate surface area is 150 Å². The van der Waals surface area contributed by atoms with Gasteiger partial charge in [0.2, 0.25) is 12.7 Å². The van der Waals surface area contributed by atoms with E-state index in [1.165, 1.54) is 44.9 Å². The number of hydrazone groups is 1. The molecule has 1 aromatic rings. The van der Waals surface area contributed by atoms with Gasteiger partial charge in [-0.05, 0) is 30.2 Å². The van der Waals surface area contributed by atoms with Crippen molar-refractivity contribution in [1.82, 2.24) is 5.43 Å². The van der Waals surface area contributed by atoms with E-state index < -0.39 is 0 Å². The SMILES string of the molecule is CCCCCCCCCCCC(=O)NN=Cc1ccc2c(c1)OCO2. The number of hydrogen-bond acceptors (Lipinski definition) is 4. The van der Waals surface area contributed by atoms with Crippen LogP contribution in [0.4, 0.5) is 0 Å². The van der Waals surface area contributed by atoms with Gasteiger partial charge in [0.05, 0.1) is 6.21 Å². The first-order valence-electron chi connectivity index (χ1n) is 9.51. The van der Waals surface area contributed by atoms with Crippen LogP contribution < -0.4 is 14.9 Å². The van der Waals surface area contributed by atoms with Gasteiger partial charge >= 0.3 is 0 Å². The van der Waals surface area contributed by atoms with Crippen LogP contribution in [0.5, 0.6) is 11.5 Å². The fraction of sp³-hybridized carbons (Fsp3) is 0.600. The Morgan fingerprint density at radius 3 is 2.48 bits per heavy atom. The summed E-state index contributed by atoms with van der Waals surface area (Å²) >= 11 is 0. The molecule has 1 aliphatic rings. The topological polar surface area (TPSA) is 59.9 Å². The minimum atomic E-state index is -0.0278. The summed E-state index contributed by atoms with van der Waals surface area (Å²) in [5.74, 6) is 1.43. The molecule has 0 radical (unpaired) electrons. The van der Waals surface area contributed by atoms with Gasteiger partial charge in [0, 0.05) is 6.42 Å². The highest BCUT2D eigenvalue weighted by Gasteiger charge is 2.12. The van der Waals surface area contributed by atoms with Gasteiger partial charge in [-0.1, -0.05) is 58.3 Å². The van der Waals surface area contributed by atoms with Crippen molar-refractivity contribution in [2.45, 2.75) is 71.1 Å². The molecule has 0 saturated heterocycles. The molecule has 0 bridgehead atoms. The predicted molar refractivity (Wildman–Crippen MR) is 100 cm³/mol. The van der Waals surface area contributed by atoms with Crippen molar-refractivity contribution in [3.05, 3.63) is 23.8 Å². The number of fused-ring (bicyclic) bond motifs is 1. The first kappa shape index (κ1) is 19.3. The number of nitrogens with zero attached hydrogens (tertiary/aromatic N) is 1. The van der Waals surface area contributed by atoms with E-state index in [0.717, 1.165) is 24.2 Å². The van der Waals surface area contributed by atoms with E-state index in [-0.39, 0.29) is 12.7 Å². The molecule has 0 saturated carbocycles. The van der Waals surface area contributed by atoms with E-state index in [2.05, 4.69) is 17.5 Å². The Bertz CT molecular complexity index is 558. The first-order valence-corrected chi connectivity index (χ1v) is 9.51. The molecular weight excluding hydrogens is 316 g/mol. The van der Waals surface area contributed by atoms with Crippen LogP contribution in [0.1, 0.15) is 76.7 Å². The van der Waals surface area contributed by atoms with Gasteiger partial charge in [0.25, 0.3) is 0 Å². The van der Waals surface area contributed by atoms with Crippen LogP contribution in [0.25, 0.3) is 0 Å². The number of nitrogens with one attached hydrogen (secondary N) is 1. The molecule has 0 aromatic heterocycles. The van der Waals surface area contributed by atoms with E-state index in [1.807, 2.05) is 18.2 Å². The summed E-state index contributed by atoms with van der Waals surface area (Å²) in [6.45, 7) is 2.50. The molecule has 0 fully saturated rings. The standard InChI is InChI=1S/C20H30N2O3/c1-2-3-4-5-6-7-8-9-10-11-20(23)22-21-15-17-12-13-18-19(14-17)25-16-24-18/h12-15H,2-11,16H2,1H3,(H,22,23). The Balaban J connectivity index is 1.51. The van der Waals surface area contributed by atoms with Crippen molar-refractivity contribution in [1.29, 1.82) is 0 Å². The number of hydrogen-bond donors (Lipinski definition) is 1. The lowest BCUT2D eigenvalue weighted by Gasteiger charge is -2.02. The van der Waals surface area contributed by atoms with E-state index in [0.29, 0.717) is 12.2 Å². The molecule has 0 atom stereocenters. The molecule has 5 nitrogen and oxygen atoms in total. The molecular formula is C20H30N2O3. The second kappa shape index (κ2) is 11.5. The number of amides is 1. The summed E-state index contributed by atoms with van der Waals surface area (Å²) in [6, 6.07) is 5.57. The van der Waals surface area contributed by atoms with Crippen molar-refractivity contribution in [2.24, 2.45) is 5.10 Å². The molecule has 1 aliphatic heterocycles. The van der Waals surface area contributed by atoms with Gasteiger partial charge in [-0.3, -0.25) is 4.79 Å². The number of carbonyl (C=O) groups excluding carboxylic acids is 1. The highest BCUT2D eigenvalue weighted by molar-refractivity contribution is 5.83. The van der Waals surface area contributed by atoms with Gasteiger partial charge in [-0.2, -0.15) is 5.10 Å². The maximum Gasteiger partial charge on any atom is 0.240 e. The van der Waals surface area contributed by atoms with Crippen LogP contribution in [0.3, 0.4) is 0 Å². The van der Waals surface area contributed by atoms with Crippen LogP contribution in [0, 0.1) is 0 Å². The summed E-state index contributed by atoms with van der Waals surface area (Å²) in [5, 5.41) is 4.00. The van der Waals surface area contributed by atoms with Crippen LogP contribution >= 0.6 is 0 Å². The zero-order chi connectivity index (χ0) is 17.7. The van der Waals surface area contributed by atoms with Crippen LogP contribution in [-0.2, 0) is 4.79 Å². The quantitative estimate of drug-likeness (QED) is 0.336. The summed E-state index contributed by atoms with van der Waals surface area (Å²) in [7, 11) is 0. The average molecular weight is 346 g/mol.